The first kappa shape index (κ1) is 20.9. The third-order valence-corrected chi connectivity index (χ3v) is 2.92. The summed E-state index contributed by atoms with van der Waals surface area (Å²) in [4.78, 5) is 20.1. The summed E-state index contributed by atoms with van der Waals surface area (Å²) in [6.45, 7) is 0. The van der Waals surface area contributed by atoms with E-state index in [4.69, 9.17) is 0 Å². The zero-order chi connectivity index (χ0) is 16.2. The van der Waals surface area contributed by atoms with Gasteiger partial charge in [-0.3, -0.25) is 0 Å². The van der Waals surface area contributed by atoms with E-state index in [0.717, 1.165) is 11.1 Å². The van der Waals surface area contributed by atoms with Gasteiger partial charge in [-0.05, 0) is 36.8 Å². The zero-order valence-electron chi connectivity index (χ0n) is 12.6. The Labute approximate surface area is 146 Å². The summed E-state index contributed by atoms with van der Waals surface area (Å²) in [7, 11) is 0. The topological polar surface area (TPSA) is 80.3 Å². The number of rotatable bonds is 6. The first-order chi connectivity index (χ1) is 10.6. The minimum absolute atomic E-state index is 0. The van der Waals surface area contributed by atoms with Gasteiger partial charge in [0.05, 0.1) is 0 Å². The molecule has 0 aliphatic carbocycles. The molecule has 0 aliphatic heterocycles. The van der Waals surface area contributed by atoms with E-state index < -0.39 is 11.9 Å². The molecule has 0 bridgehead atoms. The van der Waals surface area contributed by atoms with Crippen LogP contribution < -0.4 is 10.2 Å². The molecular weight excluding hydrogens is 336 g/mol. The van der Waals surface area contributed by atoms with Crippen molar-refractivity contribution in [1.82, 2.24) is 0 Å². The van der Waals surface area contributed by atoms with Crippen molar-refractivity contribution in [3.8, 4) is 0 Å². The number of aliphatic carboxylic acids is 2. The quantitative estimate of drug-likeness (QED) is 0.717. The third kappa shape index (κ3) is 11.2. The Morgan fingerprint density at radius 3 is 1.22 bits per heavy atom. The molecule has 0 amide bonds. The molecule has 122 valence electrons. The second-order valence-corrected chi connectivity index (χ2v) is 4.72. The van der Waals surface area contributed by atoms with Crippen LogP contribution in [0.1, 0.15) is 24.0 Å². The Kier molecular flexibility index (Phi) is 11.3. The van der Waals surface area contributed by atoms with E-state index in [-0.39, 0.29) is 29.9 Å². The molecule has 4 nitrogen and oxygen atoms in total. The number of carboxylic acid groups (broad SMARTS) is 2. The molecule has 2 rings (SSSR count). The van der Waals surface area contributed by atoms with Gasteiger partial charge in [-0.2, -0.15) is 0 Å². The maximum Gasteiger partial charge on any atom is 2.00 e. The van der Waals surface area contributed by atoms with Crippen LogP contribution in [0.2, 0.25) is 0 Å². The van der Waals surface area contributed by atoms with E-state index in [2.05, 4.69) is 0 Å². The molecule has 0 unspecified atom stereocenters. The molecule has 2 aromatic carbocycles. The summed E-state index contributed by atoms with van der Waals surface area (Å²) >= 11 is 0. The van der Waals surface area contributed by atoms with Crippen LogP contribution in [0.25, 0.3) is 0 Å². The van der Waals surface area contributed by atoms with Crippen molar-refractivity contribution < 1.29 is 36.9 Å². The maximum absolute atomic E-state index is 10.1. The number of carbonyl (C=O) groups is 2. The molecule has 0 spiro atoms. The zero-order valence-corrected chi connectivity index (χ0v) is 13.7. The molecule has 0 saturated heterocycles. The van der Waals surface area contributed by atoms with Crippen molar-refractivity contribution in [3.63, 3.8) is 0 Å². The molecule has 0 aromatic heterocycles. The second-order valence-electron chi connectivity index (χ2n) is 4.72. The van der Waals surface area contributed by atoms with Crippen LogP contribution >= 0.6 is 0 Å². The van der Waals surface area contributed by atoms with Crippen LogP contribution in [-0.2, 0) is 39.5 Å². The van der Waals surface area contributed by atoms with Gasteiger partial charge in [0.25, 0.3) is 0 Å². The molecule has 2 aromatic rings. The van der Waals surface area contributed by atoms with Crippen molar-refractivity contribution in [2.75, 3.05) is 0 Å². The van der Waals surface area contributed by atoms with E-state index in [0.29, 0.717) is 12.8 Å². The van der Waals surface area contributed by atoms with Crippen LogP contribution in [0.15, 0.2) is 60.7 Å². The fraction of sp³-hybridized carbons (Fsp3) is 0.222. The predicted molar refractivity (Wildman–Crippen MR) is 79.5 cm³/mol. The summed E-state index contributed by atoms with van der Waals surface area (Å²) in [6, 6.07) is 19.0. The summed E-state index contributed by atoms with van der Waals surface area (Å²) in [5, 5.41) is 20.1. The first-order valence-electron chi connectivity index (χ1n) is 7.05. The minimum atomic E-state index is -0.992. The summed E-state index contributed by atoms with van der Waals surface area (Å²) in [5.41, 5.74) is 2.08. The van der Waals surface area contributed by atoms with Crippen LogP contribution in [0.3, 0.4) is 0 Å². The van der Waals surface area contributed by atoms with Gasteiger partial charge in [-0.1, -0.05) is 60.7 Å². The molecular formula is C18H18FeO4. The molecule has 23 heavy (non-hydrogen) atoms. The monoisotopic (exact) mass is 354 g/mol. The van der Waals surface area contributed by atoms with Gasteiger partial charge >= 0.3 is 17.1 Å². The number of benzene rings is 2. The molecule has 0 radical (unpaired) electrons. The van der Waals surface area contributed by atoms with Gasteiger partial charge in [0.15, 0.2) is 0 Å². The summed E-state index contributed by atoms with van der Waals surface area (Å²) < 4.78 is 0. The molecule has 0 N–H and O–H groups in total. The predicted octanol–water partition coefficient (Wildman–Crippen LogP) is 0.736. The van der Waals surface area contributed by atoms with Gasteiger partial charge in [0, 0.05) is 11.9 Å². The van der Waals surface area contributed by atoms with E-state index in [1.807, 2.05) is 60.7 Å². The van der Waals surface area contributed by atoms with Crippen molar-refractivity contribution in [2.45, 2.75) is 25.7 Å². The number of carbonyl (C=O) groups excluding carboxylic acids is 2. The van der Waals surface area contributed by atoms with Gasteiger partial charge < -0.3 is 19.8 Å². The first-order valence-corrected chi connectivity index (χ1v) is 7.05. The number of carboxylic acids is 2. The van der Waals surface area contributed by atoms with Crippen molar-refractivity contribution in [2.24, 2.45) is 0 Å². The summed E-state index contributed by atoms with van der Waals surface area (Å²) in [5.74, 6) is -1.98. The average molecular weight is 354 g/mol. The van der Waals surface area contributed by atoms with Crippen LogP contribution in [0, 0.1) is 0 Å². The van der Waals surface area contributed by atoms with Crippen molar-refractivity contribution in [3.05, 3.63) is 71.8 Å². The Hall–Kier alpha value is -2.10. The largest absolute Gasteiger partial charge is 2.00 e. The van der Waals surface area contributed by atoms with Crippen LogP contribution in [0.5, 0.6) is 0 Å². The Morgan fingerprint density at radius 2 is 0.957 bits per heavy atom. The SMILES string of the molecule is O=C([O-])CCc1ccccc1.O=C([O-])CCc1ccccc1.[Fe+2]. The smallest absolute Gasteiger partial charge is 0.550 e. The summed E-state index contributed by atoms with van der Waals surface area (Å²) in [6.07, 6.45) is 1.32. The maximum atomic E-state index is 10.1. The van der Waals surface area contributed by atoms with Gasteiger partial charge in [0.1, 0.15) is 0 Å². The van der Waals surface area contributed by atoms with Gasteiger partial charge in [-0.25, -0.2) is 0 Å². The number of hydrogen-bond acceptors (Lipinski definition) is 4. The van der Waals surface area contributed by atoms with Crippen LogP contribution in [-0.4, -0.2) is 11.9 Å². The number of hydrogen-bond donors (Lipinski definition) is 0. The van der Waals surface area contributed by atoms with E-state index >= 15 is 0 Å². The standard InChI is InChI=1S/2C9H10O2.Fe/c2*10-9(11)7-6-8-4-2-1-3-5-8;/h2*1-5H,6-7H2,(H,10,11);/q;;+2/p-2. The third-order valence-electron chi connectivity index (χ3n) is 2.92. The Balaban J connectivity index is 0.000000403. The normalized spacial score (nSPS) is 9.04. The number of aryl methyl sites for hydroxylation is 2. The van der Waals surface area contributed by atoms with Crippen molar-refractivity contribution >= 4 is 11.9 Å². The van der Waals surface area contributed by atoms with E-state index in [1.165, 1.54) is 0 Å². The van der Waals surface area contributed by atoms with E-state index in [9.17, 15) is 19.8 Å². The fourth-order valence-electron chi connectivity index (χ4n) is 1.78. The molecule has 5 heteroatoms. The molecule has 0 atom stereocenters. The average Bonchev–Trinajstić information content (AvgIpc) is 2.53. The van der Waals surface area contributed by atoms with E-state index in [1.54, 1.807) is 0 Å². The second kappa shape index (κ2) is 12.4. The Bertz CT molecular complexity index is 517. The molecule has 0 fully saturated rings. The minimum Gasteiger partial charge on any atom is -0.550 e. The fourth-order valence-corrected chi connectivity index (χ4v) is 1.78. The molecule has 0 aliphatic rings. The molecule has 0 heterocycles. The van der Waals surface area contributed by atoms with Crippen molar-refractivity contribution in [1.29, 1.82) is 0 Å². The van der Waals surface area contributed by atoms with Gasteiger partial charge in [-0.15, -0.1) is 0 Å². The molecule has 0 saturated carbocycles. The van der Waals surface area contributed by atoms with Crippen LogP contribution in [0.4, 0.5) is 0 Å². The Morgan fingerprint density at radius 1 is 0.652 bits per heavy atom. The van der Waals surface area contributed by atoms with Gasteiger partial charge in [0.2, 0.25) is 0 Å².